The maximum Gasteiger partial charge on any atom is -0.00819 e. The number of fused-ring (bicyclic) bond motifs is 1. The van der Waals surface area contributed by atoms with Gasteiger partial charge in [0, 0.05) is 0 Å². The lowest BCUT2D eigenvalue weighted by atomic mass is 9.83. The van der Waals surface area contributed by atoms with Crippen LogP contribution in [0, 0.1) is 6.92 Å². The molecule has 1 aromatic carbocycles. The van der Waals surface area contributed by atoms with Gasteiger partial charge >= 0.3 is 0 Å². The third-order valence-electron chi connectivity index (χ3n) is 3.55. The topological polar surface area (TPSA) is 0 Å². The van der Waals surface area contributed by atoms with E-state index in [1.54, 1.807) is 0 Å². The van der Waals surface area contributed by atoms with Gasteiger partial charge in [-0.1, -0.05) is 54.6 Å². The second-order valence-corrected chi connectivity index (χ2v) is 4.79. The SMILES string of the molecule is C=C1C(C2=CC=CC2)=CCc2cc(C)ccc21. The fraction of sp³-hybridized carbons (Fsp3) is 0.176. The molecule has 2 aliphatic rings. The number of benzene rings is 1. The summed E-state index contributed by atoms with van der Waals surface area (Å²) in [4.78, 5) is 0. The molecule has 0 fully saturated rings. The zero-order valence-corrected chi connectivity index (χ0v) is 10.2. The summed E-state index contributed by atoms with van der Waals surface area (Å²) in [7, 11) is 0. The van der Waals surface area contributed by atoms with Crippen molar-refractivity contribution >= 4 is 5.57 Å². The fourth-order valence-electron chi connectivity index (χ4n) is 2.64. The van der Waals surface area contributed by atoms with Gasteiger partial charge in [-0.05, 0) is 47.6 Å². The number of allylic oxidation sites excluding steroid dienone is 7. The molecule has 0 heteroatoms. The molecule has 0 unspecified atom stereocenters. The molecular weight excluding hydrogens is 204 g/mol. The molecule has 2 aliphatic carbocycles. The van der Waals surface area contributed by atoms with E-state index in [1.807, 2.05) is 0 Å². The zero-order valence-electron chi connectivity index (χ0n) is 10.2. The molecule has 0 N–H and O–H groups in total. The molecule has 84 valence electrons. The Morgan fingerprint density at radius 2 is 2.06 bits per heavy atom. The van der Waals surface area contributed by atoms with Gasteiger partial charge in [0.1, 0.15) is 0 Å². The van der Waals surface area contributed by atoms with Crippen molar-refractivity contribution in [1.82, 2.24) is 0 Å². The summed E-state index contributed by atoms with van der Waals surface area (Å²) < 4.78 is 0. The Bertz CT molecular complexity index is 580. The molecule has 0 nitrogen and oxygen atoms in total. The van der Waals surface area contributed by atoms with Crippen LogP contribution in [0.4, 0.5) is 0 Å². The van der Waals surface area contributed by atoms with Crippen molar-refractivity contribution in [3.8, 4) is 0 Å². The molecule has 0 saturated carbocycles. The van der Waals surface area contributed by atoms with Crippen molar-refractivity contribution < 1.29 is 0 Å². The van der Waals surface area contributed by atoms with Crippen molar-refractivity contribution in [1.29, 1.82) is 0 Å². The predicted molar refractivity (Wildman–Crippen MR) is 73.8 cm³/mol. The molecule has 0 radical (unpaired) electrons. The molecule has 0 amide bonds. The Hall–Kier alpha value is -1.82. The number of hydrogen-bond acceptors (Lipinski definition) is 0. The van der Waals surface area contributed by atoms with Gasteiger partial charge in [-0.3, -0.25) is 0 Å². The lowest BCUT2D eigenvalue weighted by molar-refractivity contribution is 1.16. The molecular formula is C17H16. The van der Waals surface area contributed by atoms with Crippen molar-refractivity contribution in [3.63, 3.8) is 0 Å². The van der Waals surface area contributed by atoms with E-state index in [0.717, 1.165) is 12.8 Å². The molecule has 17 heavy (non-hydrogen) atoms. The molecule has 0 aliphatic heterocycles. The molecule has 1 aromatic rings. The first-order valence-corrected chi connectivity index (χ1v) is 6.11. The highest BCUT2D eigenvalue weighted by molar-refractivity contribution is 5.86. The van der Waals surface area contributed by atoms with Crippen LogP contribution in [0.3, 0.4) is 0 Å². The lowest BCUT2D eigenvalue weighted by Gasteiger charge is -2.21. The van der Waals surface area contributed by atoms with Gasteiger partial charge in [0.15, 0.2) is 0 Å². The van der Waals surface area contributed by atoms with E-state index in [-0.39, 0.29) is 0 Å². The number of rotatable bonds is 1. The largest absolute Gasteiger partial charge is 0.0905 e. The number of aryl methyl sites for hydroxylation is 1. The molecule has 0 saturated heterocycles. The third-order valence-corrected chi connectivity index (χ3v) is 3.55. The quantitative estimate of drug-likeness (QED) is 0.659. The van der Waals surface area contributed by atoms with E-state index in [1.165, 1.54) is 33.4 Å². The smallest absolute Gasteiger partial charge is 0.00819 e. The van der Waals surface area contributed by atoms with Crippen LogP contribution >= 0.6 is 0 Å². The summed E-state index contributed by atoms with van der Waals surface area (Å²) in [6.45, 7) is 6.42. The van der Waals surface area contributed by atoms with E-state index < -0.39 is 0 Å². The van der Waals surface area contributed by atoms with Gasteiger partial charge in [-0.15, -0.1) is 0 Å². The fourth-order valence-corrected chi connectivity index (χ4v) is 2.64. The van der Waals surface area contributed by atoms with E-state index in [9.17, 15) is 0 Å². The second kappa shape index (κ2) is 3.89. The van der Waals surface area contributed by atoms with Crippen LogP contribution in [0.15, 0.2) is 60.2 Å². The van der Waals surface area contributed by atoms with Gasteiger partial charge in [-0.2, -0.15) is 0 Å². The maximum atomic E-state index is 4.27. The minimum absolute atomic E-state index is 1.03. The van der Waals surface area contributed by atoms with E-state index >= 15 is 0 Å². The summed E-state index contributed by atoms with van der Waals surface area (Å²) in [6, 6.07) is 6.66. The van der Waals surface area contributed by atoms with Crippen LogP contribution in [0.2, 0.25) is 0 Å². The summed E-state index contributed by atoms with van der Waals surface area (Å²) >= 11 is 0. The highest BCUT2D eigenvalue weighted by atomic mass is 14.2. The summed E-state index contributed by atoms with van der Waals surface area (Å²) in [5.74, 6) is 0. The maximum absolute atomic E-state index is 4.27. The molecule has 0 atom stereocenters. The molecule has 0 spiro atoms. The van der Waals surface area contributed by atoms with E-state index in [0.29, 0.717) is 0 Å². The Labute approximate surface area is 103 Å². The summed E-state index contributed by atoms with van der Waals surface area (Å²) in [5, 5.41) is 0. The van der Waals surface area contributed by atoms with Crippen LogP contribution in [-0.4, -0.2) is 0 Å². The summed E-state index contributed by atoms with van der Waals surface area (Å²) in [5.41, 5.74) is 7.98. The second-order valence-electron chi connectivity index (χ2n) is 4.79. The average Bonchev–Trinajstić information content (AvgIpc) is 2.82. The monoisotopic (exact) mass is 220 g/mol. The van der Waals surface area contributed by atoms with E-state index in [2.05, 4.69) is 56.0 Å². The van der Waals surface area contributed by atoms with Crippen LogP contribution in [-0.2, 0) is 6.42 Å². The predicted octanol–water partition coefficient (Wildman–Crippen LogP) is 4.38. The lowest BCUT2D eigenvalue weighted by Crippen LogP contribution is -2.03. The summed E-state index contributed by atoms with van der Waals surface area (Å²) in [6.07, 6.45) is 10.9. The van der Waals surface area contributed by atoms with Gasteiger partial charge < -0.3 is 0 Å². The first kappa shape index (κ1) is 10.3. The Morgan fingerprint density at radius 3 is 2.82 bits per heavy atom. The minimum atomic E-state index is 1.03. The van der Waals surface area contributed by atoms with Crippen molar-refractivity contribution in [2.45, 2.75) is 19.8 Å². The molecule has 0 aromatic heterocycles. The van der Waals surface area contributed by atoms with Crippen LogP contribution < -0.4 is 0 Å². The van der Waals surface area contributed by atoms with Crippen LogP contribution in [0.25, 0.3) is 5.57 Å². The zero-order chi connectivity index (χ0) is 11.8. The molecule has 3 rings (SSSR count). The van der Waals surface area contributed by atoms with Crippen LogP contribution in [0.1, 0.15) is 23.1 Å². The van der Waals surface area contributed by atoms with Crippen molar-refractivity contribution in [2.24, 2.45) is 0 Å². The first-order chi connectivity index (χ1) is 8.25. The first-order valence-electron chi connectivity index (χ1n) is 6.11. The Kier molecular flexibility index (Phi) is 2.36. The third kappa shape index (κ3) is 1.70. The molecule has 0 bridgehead atoms. The Morgan fingerprint density at radius 1 is 1.18 bits per heavy atom. The normalized spacial score (nSPS) is 17.8. The van der Waals surface area contributed by atoms with Crippen molar-refractivity contribution in [2.75, 3.05) is 0 Å². The highest BCUT2D eigenvalue weighted by Crippen LogP contribution is 2.36. The van der Waals surface area contributed by atoms with Crippen LogP contribution in [0.5, 0.6) is 0 Å². The number of hydrogen-bond donors (Lipinski definition) is 0. The van der Waals surface area contributed by atoms with Gasteiger partial charge in [0.25, 0.3) is 0 Å². The minimum Gasteiger partial charge on any atom is -0.0905 e. The standard InChI is InChI=1S/C17H16/c1-12-7-9-17-13(2)16(10-8-15(17)11-12)14-5-3-4-6-14/h3-5,7,9-11H,2,6,8H2,1H3. The van der Waals surface area contributed by atoms with Gasteiger partial charge in [0.2, 0.25) is 0 Å². The molecule has 0 heterocycles. The van der Waals surface area contributed by atoms with Gasteiger partial charge in [0.05, 0.1) is 0 Å². The van der Waals surface area contributed by atoms with Crippen molar-refractivity contribution in [3.05, 3.63) is 76.9 Å². The average molecular weight is 220 g/mol. The van der Waals surface area contributed by atoms with Gasteiger partial charge in [-0.25, -0.2) is 0 Å². The highest BCUT2D eigenvalue weighted by Gasteiger charge is 2.18. The van der Waals surface area contributed by atoms with E-state index in [4.69, 9.17) is 0 Å². The Balaban J connectivity index is 2.01.